The smallest absolute Gasteiger partial charge is 0.227 e. The number of hydrogen-bond acceptors (Lipinski definition) is 7. The fraction of sp³-hybridized carbons (Fsp3) is 0.593. The van der Waals surface area contributed by atoms with Crippen LogP contribution in [0.4, 0.5) is 10.9 Å². The van der Waals surface area contributed by atoms with Gasteiger partial charge in [-0.1, -0.05) is 26.0 Å². The van der Waals surface area contributed by atoms with Crippen LogP contribution < -0.4 is 10.6 Å². The van der Waals surface area contributed by atoms with E-state index in [1.807, 2.05) is 31.0 Å². The molecule has 3 heterocycles. The average Bonchev–Trinajstić information content (AvgIpc) is 3.58. The lowest BCUT2D eigenvalue weighted by Crippen LogP contribution is -2.48. The third-order valence-electron chi connectivity index (χ3n) is 7.63. The number of allylic oxidation sites excluding steroid dienone is 2. The Bertz CT molecular complexity index is 1150. The number of carbonyl (C=O) groups excluding carboxylic acids is 2. The van der Waals surface area contributed by atoms with E-state index in [4.69, 9.17) is 9.97 Å². The summed E-state index contributed by atoms with van der Waals surface area (Å²) < 4.78 is 0. The molecule has 2 fully saturated rings. The highest BCUT2D eigenvalue weighted by atomic mass is 32.1. The van der Waals surface area contributed by atoms with Crippen molar-refractivity contribution in [2.75, 3.05) is 25.0 Å². The lowest BCUT2D eigenvalue weighted by atomic mass is 9.80. The Balaban J connectivity index is 1.23. The van der Waals surface area contributed by atoms with Crippen LogP contribution in [0.3, 0.4) is 0 Å². The number of fused-ring (bicyclic) bond motifs is 2. The largest absolute Gasteiger partial charge is 0.356 e. The van der Waals surface area contributed by atoms with Crippen molar-refractivity contribution in [3.63, 3.8) is 0 Å². The standard InChI is InChI=1S/C27H36N6O2S/c1-15(2)13-28-25(34)22-19-5-6-20(12-19)23(22)26(35)33-9-7-18(8-10-33)24-30-16(3)11-21(31-24)32-27-29-14-17(4)36-27/h5-6,11,14-15,18-20,22-23H,7-10,12-13H2,1-4H3,(H,28,34)(H,29,30,31,32). The monoisotopic (exact) mass is 508 g/mol. The number of anilines is 2. The Kier molecular flexibility index (Phi) is 7.10. The zero-order chi connectivity index (χ0) is 25.4. The van der Waals surface area contributed by atoms with Crippen LogP contribution in [0.2, 0.25) is 0 Å². The van der Waals surface area contributed by atoms with E-state index in [2.05, 4.69) is 41.6 Å². The molecular weight excluding hydrogens is 472 g/mol. The molecule has 0 aromatic carbocycles. The van der Waals surface area contributed by atoms with Crippen molar-refractivity contribution < 1.29 is 9.59 Å². The zero-order valence-corrected chi connectivity index (χ0v) is 22.3. The van der Waals surface area contributed by atoms with E-state index in [0.717, 1.165) is 46.6 Å². The fourth-order valence-corrected chi connectivity index (χ4v) is 6.54. The van der Waals surface area contributed by atoms with E-state index in [0.29, 0.717) is 25.6 Å². The minimum absolute atomic E-state index is 0.0393. The van der Waals surface area contributed by atoms with Gasteiger partial charge in [-0.15, -0.1) is 11.3 Å². The van der Waals surface area contributed by atoms with Crippen LogP contribution in [-0.4, -0.2) is 51.3 Å². The molecule has 36 heavy (non-hydrogen) atoms. The number of thiazole rings is 1. The molecule has 2 aromatic rings. The number of aromatic nitrogens is 3. The van der Waals surface area contributed by atoms with E-state index >= 15 is 0 Å². The van der Waals surface area contributed by atoms with E-state index in [1.165, 1.54) is 0 Å². The van der Waals surface area contributed by atoms with Crippen LogP contribution in [0.5, 0.6) is 0 Å². The number of rotatable bonds is 7. The molecule has 2 bridgehead atoms. The Labute approximate surface area is 217 Å². The van der Waals surface area contributed by atoms with Crippen LogP contribution in [0.25, 0.3) is 0 Å². The molecule has 192 valence electrons. The number of hydrogen-bond donors (Lipinski definition) is 2. The molecule has 5 rings (SSSR count). The maximum absolute atomic E-state index is 13.7. The normalized spacial score (nSPS) is 25.5. The third-order valence-corrected chi connectivity index (χ3v) is 8.46. The average molecular weight is 509 g/mol. The van der Waals surface area contributed by atoms with Crippen LogP contribution in [0.1, 0.15) is 55.4 Å². The van der Waals surface area contributed by atoms with Gasteiger partial charge in [0.2, 0.25) is 11.8 Å². The maximum atomic E-state index is 13.7. The Morgan fingerprint density at radius 1 is 1.11 bits per heavy atom. The molecule has 2 N–H and O–H groups in total. The molecule has 4 unspecified atom stereocenters. The molecule has 2 amide bonds. The highest BCUT2D eigenvalue weighted by Gasteiger charge is 2.52. The molecule has 1 aliphatic heterocycles. The lowest BCUT2D eigenvalue weighted by molar-refractivity contribution is -0.143. The number of nitrogens with one attached hydrogen (secondary N) is 2. The molecule has 2 aromatic heterocycles. The SMILES string of the molecule is Cc1cc(Nc2ncc(C)s2)nc(C2CCN(C(=O)C3C4C=CC(C4)C3C(=O)NCC(C)C)CC2)n1. The van der Waals surface area contributed by atoms with Crippen molar-refractivity contribution in [3.05, 3.63) is 40.8 Å². The zero-order valence-electron chi connectivity index (χ0n) is 21.5. The highest BCUT2D eigenvalue weighted by Crippen LogP contribution is 2.49. The number of likely N-dealkylation sites (tertiary alicyclic amines) is 1. The second-order valence-corrected chi connectivity index (χ2v) is 12.1. The van der Waals surface area contributed by atoms with Crippen LogP contribution >= 0.6 is 11.3 Å². The summed E-state index contributed by atoms with van der Waals surface area (Å²) in [5.74, 6) is 2.24. The topological polar surface area (TPSA) is 100 Å². The lowest BCUT2D eigenvalue weighted by Gasteiger charge is -2.36. The van der Waals surface area contributed by atoms with Crippen molar-refractivity contribution in [2.45, 2.75) is 52.9 Å². The third kappa shape index (κ3) is 5.16. The quantitative estimate of drug-likeness (QED) is 0.544. The Hall–Kier alpha value is -2.81. The molecule has 0 spiro atoms. The molecule has 9 heteroatoms. The minimum atomic E-state index is -0.243. The van der Waals surface area contributed by atoms with E-state index < -0.39 is 0 Å². The molecule has 4 atom stereocenters. The summed E-state index contributed by atoms with van der Waals surface area (Å²) in [7, 11) is 0. The van der Waals surface area contributed by atoms with Gasteiger partial charge in [0.1, 0.15) is 11.6 Å². The summed E-state index contributed by atoms with van der Waals surface area (Å²) in [6, 6.07) is 1.94. The van der Waals surface area contributed by atoms with Gasteiger partial charge in [-0.05, 0) is 50.9 Å². The van der Waals surface area contributed by atoms with Crippen LogP contribution in [0, 0.1) is 43.4 Å². The predicted molar refractivity (Wildman–Crippen MR) is 141 cm³/mol. The number of piperidine rings is 1. The number of carbonyl (C=O) groups is 2. The maximum Gasteiger partial charge on any atom is 0.227 e. The molecular formula is C27H36N6O2S. The van der Waals surface area contributed by atoms with Crippen molar-refractivity contribution >= 4 is 34.1 Å². The molecule has 3 aliphatic rings. The minimum Gasteiger partial charge on any atom is -0.356 e. The first-order valence-electron chi connectivity index (χ1n) is 13.1. The molecule has 8 nitrogen and oxygen atoms in total. The van der Waals surface area contributed by atoms with Crippen LogP contribution in [0.15, 0.2) is 24.4 Å². The number of amides is 2. The Morgan fingerprint density at radius 3 is 2.50 bits per heavy atom. The first kappa shape index (κ1) is 24.9. The van der Waals surface area contributed by atoms with Crippen molar-refractivity contribution in [1.29, 1.82) is 0 Å². The van der Waals surface area contributed by atoms with Gasteiger partial charge in [0, 0.05) is 48.4 Å². The van der Waals surface area contributed by atoms with Gasteiger partial charge in [-0.25, -0.2) is 15.0 Å². The van der Waals surface area contributed by atoms with Gasteiger partial charge >= 0.3 is 0 Å². The Morgan fingerprint density at radius 2 is 1.83 bits per heavy atom. The van der Waals surface area contributed by atoms with E-state index in [9.17, 15) is 9.59 Å². The van der Waals surface area contributed by atoms with Crippen molar-refractivity contribution in [1.82, 2.24) is 25.2 Å². The van der Waals surface area contributed by atoms with Crippen molar-refractivity contribution in [3.8, 4) is 0 Å². The summed E-state index contributed by atoms with van der Waals surface area (Å²) in [6.07, 6.45) is 8.72. The van der Waals surface area contributed by atoms with Gasteiger partial charge in [0.05, 0.1) is 11.8 Å². The summed E-state index contributed by atoms with van der Waals surface area (Å²) >= 11 is 1.60. The molecule has 1 saturated heterocycles. The first-order chi connectivity index (χ1) is 17.3. The predicted octanol–water partition coefficient (Wildman–Crippen LogP) is 4.21. The summed E-state index contributed by atoms with van der Waals surface area (Å²) in [4.78, 5) is 43.7. The summed E-state index contributed by atoms with van der Waals surface area (Å²) in [5.41, 5.74) is 0.915. The highest BCUT2D eigenvalue weighted by molar-refractivity contribution is 7.15. The fourth-order valence-electron chi connectivity index (χ4n) is 5.87. The van der Waals surface area contributed by atoms with Crippen molar-refractivity contribution in [2.24, 2.45) is 29.6 Å². The number of nitrogens with zero attached hydrogens (tertiary/aromatic N) is 4. The van der Waals surface area contributed by atoms with Gasteiger partial charge in [0.25, 0.3) is 0 Å². The first-order valence-corrected chi connectivity index (χ1v) is 13.9. The molecule has 2 aliphatic carbocycles. The van der Waals surface area contributed by atoms with E-state index in [1.54, 1.807) is 11.3 Å². The molecule has 1 saturated carbocycles. The van der Waals surface area contributed by atoms with Gasteiger partial charge < -0.3 is 15.5 Å². The van der Waals surface area contributed by atoms with Gasteiger partial charge in [-0.3, -0.25) is 9.59 Å². The second kappa shape index (κ2) is 10.3. The summed E-state index contributed by atoms with van der Waals surface area (Å²) in [5, 5.41) is 7.21. The second-order valence-electron chi connectivity index (χ2n) is 10.9. The van der Waals surface area contributed by atoms with E-state index in [-0.39, 0.29) is 41.4 Å². The number of aryl methyl sites for hydroxylation is 2. The van der Waals surface area contributed by atoms with Gasteiger partial charge in [-0.2, -0.15) is 0 Å². The summed E-state index contributed by atoms with van der Waals surface area (Å²) in [6.45, 7) is 10.2. The van der Waals surface area contributed by atoms with Crippen LogP contribution in [-0.2, 0) is 9.59 Å². The molecule has 0 radical (unpaired) electrons. The van der Waals surface area contributed by atoms with Gasteiger partial charge in [0.15, 0.2) is 5.13 Å².